The molecule has 0 amide bonds. The van der Waals surface area contributed by atoms with Crippen LogP contribution in [0, 0.1) is 11.6 Å². The van der Waals surface area contributed by atoms with E-state index in [4.69, 9.17) is 4.74 Å². The van der Waals surface area contributed by atoms with Gasteiger partial charge in [0.15, 0.2) is 0 Å². The molecule has 2 aliphatic heterocycles. The molecule has 0 bridgehead atoms. The van der Waals surface area contributed by atoms with Crippen molar-refractivity contribution in [2.75, 3.05) is 20.3 Å². The lowest BCUT2D eigenvalue weighted by atomic mass is 9.86. The molecule has 0 spiro atoms. The topological polar surface area (TPSA) is 54.6 Å². The summed E-state index contributed by atoms with van der Waals surface area (Å²) in [5.41, 5.74) is 3.15. The molecule has 1 fully saturated rings. The summed E-state index contributed by atoms with van der Waals surface area (Å²) in [4.78, 5) is 17.0. The van der Waals surface area contributed by atoms with Gasteiger partial charge in [-0.2, -0.15) is 0 Å². The van der Waals surface area contributed by atoms with Crippen LogP contribution in [0.4, 0.5) is 8.78 Å². The first-order valence-electron chi connectivity index (χ1n) is 10.7. The Morgan fingerprint density at radius 3 is 2.59 bits per heavy atom. The molecule has 2 aromatic carbocycles. The van der Waals surface area contributed by atoms with Crippen LogP contribution in [-0.4, -0.2) is 48.3 Å². The molecule has 5 nitrogen and oxygen atoms in total. The van der Waals surface area contributed by atoms with E-state index in [2.05, 4.69) is 21.5 Å². The third kappa shape index (κ3) is 3.42. The Balaban J connectivity index is 1.66. The number of hydrogen-bond acceptors (Lipinski definition) is 4. The molecule has 0 radical (unpaired) electrons. The molecule has 2 aliphatic rings. The van der Waals surface area contributed by atoms with E-state index in [1.165, 1.54) is 25.3 Å². The van der Waals surface area contributed by atoms with E-state index in [1.54, 1.807) is 0 Å². The smallest absolute Gasteiger partial charge is 0.330 e. The second-order valence-corrected chi connectivity index (χ2v) is 8.41. The molecule has 2 atom stereocenters. The average Bonchev–Trinajstić information content (AvgIpc) is 3.10. The summed E-state index contributed by atoms with van der Waals surface area (Å²) in [6.07, 6.45) is 3.27. The van der Waals surface area contributed by atoms with Gasteiger partial charge in [-0.15, -0.1) is 0 Å². The van der Waals surface area contributed by atoms with Crippen molar-refractivity contribution >= 4 is 22.9 Å². The molecule has 1 N–H and O–H groups in total. The number of esters is 1. The number of rotatable bonds is 4. The van der Waals surface area contributed by atoms with E-state index < -0.39 is 23.6 Å². The summed E-state index contributed by atoms with van der Waals surface area (Å²) in [5.74, 6) is -1.89. The highest BCUT2D eigenvalue weighted by molar-refractivity contribution is 5.87. The van der Waals surface area contributed by atoms with Crippen LogP contribution in [0.15, 0.2) is 42.5 Å². The van der Waals surface area contributed by atoms with Gasteiger partial charge in [-0.05, 0) is 48.7 Å². The Morgan fingerprint density at radius 1 is 1.22 bits per heavy atom. The van der Waals surface area contributed by atoms with E-state index in [1.807, 2.05) is 24.3 Å². The minimum atomic E-state index is -0.650. The number of carbonyl (C=O) groups excluding carboxylic acids is 1. The number of halogens is 2. The summed E-state index contributed by atoms with van der Waals surface area (Å²) in [6, 6.07) is 10.0. The van der Waals surface area contributed by atoms with Crippen molar-refractivity contribution in [3.8, 4) is 0 Å². The highest BCUT2D eigenvalue weighted by Crippen LogP contribution is 2.44. The molecule has 7 heteroatoms. The Kier molecular flexibility index (Phi) is 5.31. The first-order valence-corrected chi connectivity index (χ1v) is 10.7. The number of benzene rings is 2. The first-order chi connectivity index (χ1) is 15.5. The molecule has 5 rings (SSSR count). The molecule has 3 aromatic rings. The zero-order chi connectivity index (χ0) is 22.4. The number of aromatic amines is 1. The number of fused-ring (bicyclic) bond motifs is 3. The highest BCUT2D eigenvalue weighted by Gasteiger charge is 2.43. The number of H-pyrrole nitrogens is 1. The summed E-state index contributed by atoms with van der Waals surface area (Å²) in [6.45, 7) is 3.18. The van der Waals surface area contributed by atoms with Crippen LogP contribution in [-0.2, 0) is 20.7 Å². The van der Waals surface area contributed by atoms with Gasteiger partial charge < -0.3 is 14.5 Å². The van der Waals surface area contributed by atoms with Crippen LogP contribution < -0.4 is 0 Å². The fraction of sp³-hybridized carbons (Fsp3) is 0.320. The summed E-state index contributed by atoms with van der Waals surface area (Å²) < 4.78 is 40.9. The number of nitrogens with one attached hydrogen (secondary N) is 1. The van der Waals surface area contributed by atoms with Gasteiger partial charge in [0, 0.05) is 34.3 Å². The summed E-state index contributed by atoms with van der Waals surface area (Å²) in [7, 11) is 1.25. The Labute approximate surface area is 184 Å². The SMILES string of the molecule is COC(=O)/C=C/c1cc(F)c([C@@H]2c3[nH]c4ccccc4c3C[C@@H](C)N2C2COC2)c(F)c1. The van der Waals surface area contributed by atoms with Crippen LogP contribution >= 0.6 is 0 Å². The quantitative estimate of drug-likeness (QED) is 0.486. The van der Waals surface area contributed by atoms with Crippen molar-refractivity contribution in [1.29, 1.82) is 0 Å². The predicted octanol–water partition coefficient (Wildman–Crippen LogP) is 4.37. The van der Waals surface area contributed by atoms with Crippen molar-refractivity contribution < 1.29 is 23.0 Å². The minimum Gasteiger partial charge on any atom is -0.466 e. The van der Waals surface area contributed by atoms with Crippen molar-refractivity contribution in [3.63, 3.8) is 0 Å². The number of para-hydroxylation sites is 1. The van der Waals surface area contributed by atoms with Gasteiger partial charge in [-0.1, -0.05) is 18.2 Å². The lowest BCUT2D eigenvalue weighted by Crippen LogP contribution is -2.56. The van der Waals surface area contributed by atoms with Gasteiger partial charge >= 0.3 is 5.97 Å². The maximum atomic E-state index is 15.5. The second-order valence-electron chi connectivity index (χ2n) is 8.41. The van der Waals surface area contributed by atoms with Crippen LogP contribution in [0.25, 0.3) is 17.0 Å². The molecule has 1 saturated heterocycles. The van der Waals surface area contributed by atoms with Gasteiger partial charge in [0.1, 0.15) is 11.6 Å². The standard InChI is InChI=1S/C25H24F2N2O3/c1-14-9-18-17-5-3-4-6-21(17)28-24(18)25(29(14)16-12-32-13-16)23-19(26)10-15(11-20(23)27)7-8-22(30)31-2/h3-8,10-11,14,16,25,28H,9,12-13H2,1-2H3/b8-7+/t14-,25-/m1/s1. The molecule has 3 heterocycles. The van der Waals surface area contributed by atoms with Crippen LogP contribution in [0.5, 0.6) is 0 Å². The monoisotopic (exact) mass is 438 g/mol. The number of hydrogen-bond donors (Lipinski definition) is 1. The third-order valence-electron chi connectivity index (χ3n) is 6.46. The molecular formula is C25H24F2N2O3. The van der Waals surface area contributed by atoms with Crippen molar-refractivity contribution in [2.24, 2.45) is 0 Å². The molecule has 0 aliphatic carbocycles. The largest absolute Gasteiger partial charge is 0.466 e. The number of carbonyl (C=O) groups is 1. The van der Waals surface area contributed by atoms with Crippen molar-refractivity contribution in [2.45, 2.75) is 31.5 Å². The van der Waals surface area contributed by atoms with Gasteiger partial charge in [0.2, 0.25) is 0 Å². The van der Waals surface area contributed by atoms with E-state index in [0.717, 1.165) is 34.7 Å². The number of nitrogens with zero attached hydrogens (tertiary/aromatic N) is 1. The van der Waals surface area contributed by atoms with Crippen LogP contribution in [0.1, 0.15) is 35.3 Å². The lowest BCUT2D eigenvalue weighted by molar-refractivity contribution is -0.134. The van der Waals surface area contributed by atoms with E-state index in [0.29, 0.717) is 13.2 Å². The fourth-order valence-corrected chi connectivity index (χ4v) is 4.93. The number of aromatic nitrogens is 1. The Bertz CT molecular complexity index is 1190. The Hall–Kier alpha value is -3.03. The Morgan fingerprint density at radius 2 is 1.94 bits per heavy atom. The van der Waals surface area contributed by atoms with Gasteiger partial charge in [-0.25, -0.2) is 13.6 Å². The van der Waals surface area contributed by atoms with Crippen LogP contribution in [0.2, 0.25) is 0 Å². The second kappa shape index (κ2) is 8.15. The average molecular weight is 438 g/mol. The highest BCUT2D eigenvalue weighted by atomic mass is 19.1. The normalized spacial score (nSPS) is 21.6. The zero-order valence-electron chi connectivity index (χ0n) is 17.9. The van der Waals surface area contributed by atoms with Gasteiger partial charge in [0.25, 0.3) is 0 Å². The summed E-state index contributed by atoms with van der Waals surface area (Å²) >= 11 is 0. The fourth-order valence-electron chi connectivity index (χ4n) is 4.93. The zero-order valence-corrected chi connectivity index (χ0v) is 17.9. The van der Waals surface area contributed by atoms with Crippen molar-refractivity contribution in [3.05, 3.63) is 76.5 Å². The summed E-state index contributed by atoms with van der Waals surface area (Å²) in [5, 5.41) is 1.09. The maximum Gasteiger partial charge on any atom is 0.330 e. The molecular weight excluding hydrogens is 414 g/mol. The molecule has 1 aromatic heterocycles. The lowest BCUT2D eigenvalue weighted by Gasteiger charge is -2.48. The predicted molar refractivity (Wildman–Crippen MR) is 117 cm³/mol. The van der Waals surface area contributed by atoms with Gasteiger partial charge in [0.05, 0.1) is 32.4 Å². The van der Waals surface area contributed by atoms with E-state index in [9.17, 15) is 4.79 Å². The number of methoxy groups -OCH3 is 1. The maximum absolute atomic E-state index is 15.5. The van der Waals surface area contributed by atoms with Crippen LogP contribution in [0.3, 0.4) is 0 Å². The molecule has 166 valence electrons. The van der Waals surface area contributed by atoms with Gasteiger partial charge in [-0.3, -0.25) is 4.90 Å². The third-order valence-corrected chi connectivity index (χ3v) is 6.46. The molecule has 32 heavy (non-hydrogen) atoms. The van der Waals surface area contributed by atoms with E-state index in [-0.39, 0.29) is 23.2 Å². The minimum absolute atomic E-state index is 0.00599. The first kappa shape index (κ1) is 20.8. The van der Waals surface area contributed by atoms with Crippen molar-refractivity contribution in [1.82, 2.24) is 9.88 Å². The number of ether oxygens (including phenoxy) is 2. The molecule has 0 unspecified atom stereocenters. The van der Waals surface area contributed by atoms with E-state index >= 15 is 8.78 Å². The molecule has 0 saturated carbocycles.